The van der Waals surface area contributed by atoms with Gasteiger partial charge in [0.1, 0.15) is 5.92 Å². The molecule has 1 atom stereocenters. The molecule has 4 nitrogen and oxygen atoms in total. The smallest absolute Gasteiger partial charge is 0.242 e. The van der Waals surface area contributed by atoms with E-state index in [2.05, 4.69) is 16.4 Å². The van der Waals surface area contributed by atoms with E-state index in [9.17, 15) is 10.1 Å². The Morgan fingerprint density at radius 2 is 1.95 bits per heavy atom. The molecular weight excluding hydrogens is 262 g/mol. The van der Waals surface area contributed by atoms with Crippen LogP contribution in [0.1, 0.15) is 16.7 Å². The van der Waals surface area contributed by atoms with Gasteiger partial charge in [-0.3, -0.25) is 9.78 Å². The summed E-state index contributed by atoms with van der Waals surface area (Å²) in [7, 11) is 0. The van der Waals surface area contributed by atoms with Gasteiger partial charge in [0.2, 0.25) is 5.91 Å². The van der Waals surface area contributed by atoms with Crippen molar-refractivity contribution in [2.24, 2.45) is 5.92 Å². The van der Waals surface area contributed by atoms with Crippen LogP contribution in [-0.4, -0.2) is 10.9 Å². The van der Waals surface area contributed by atoms with Gasteiger partial charge in [0, 0.05) is 18.1 Å². The van der Waals surface area contributed by atoms with Crippen molar-refractivity contribution < 1.29 is 4.79 Å². The third kappa shape index (κ3) is 3.90. The summed E-state index contributed by atoms with van der Waals surface area (Å²) >= 11 is 0. The van der Waals surface area contributed by atoms with Crippen LogP contribution < -0.4 is 5.32 Å². The number of benzene rings is 1. The predicted octanol–water partition coefficient (Wildman–Crippen LogP) is 3.02. The maximum Gasteiger partial charge on any atom is 0.242 e. The van der Waals surface area contributed by atoms with Crippen LogP contribution in [0.3, 0.4) is 0 Å². The van der Waals surface area contributed by atoms with Gasteiger partial charge in [-0.15, -0.1) is 0 Å². The molecule has 0 aliphatic rings. The van der Waals surface area contributed by atoms with Crippen molar-refractivity contribution in [3.05, 3.63) is 59.4 Å². The molecule has 0 unspecified atom stereocenters. The molecule has 4 heteroatoms. The molecule has 2 rings (SSSR count). The van der Waals surface area contributed by atoms with Crippen LogP contribution >= 0.6 is 0 Å². The predicted molar refractivity (Wildman–Crippen MR) is 81.6 cm³/mol. The Hall–Kier alpha value is -2.67. The van der Waals surface area contributed by atoms with Crippen molar-refractivity contribution >= 4 is 11.6 Å². The maximum atomic E-state index is 12.2. The largest absolute Gasteiger partial charge is 0.325 e. The van der Waals surface area contributed by atoms with Crippen LogP contribution in [0.15, 0.2) is 42.7 Å². The summed E-state index contributed by atoms with van der Waals surface area (Å²) in [5, 5.41) is 12.0. The summed E-state index contributed by atoms with van der Waals surface area (Å²) in [4.78, 5) is 16.1. The summed E-state index contributed by atoms with van der Waals surface area (Å²) in [5.41, 5.74) is 3.92. The Balaban J connectivity index is 2.07. The van der Waals surface area contributed by atoms with E-state index in [1.807, 2.05) is 44.2 Å². The van der Waals surface area contributed by atoms with E-state index < -0.39 is 5.92 Å². The second kappa shape index (κ2) is 6.67. The summed E-state index contributed by atoms with van der Waals surface area (Å²) < 4.78 is 0. The number of aryl methyl sites for hydroxylation is 2. The highest BCUT2D eigenvalue weighted by Gasteiger charge is 2.18. The van der Waals surface area contributed by atoms with E-state index in [0.717, 1.165) is 16.8 Å². The quantitative estimate of drug-likeness (QED) is 0.935. The molecule has 1 aromatic heterocycles. The fourth-order valence-corrected chi connectivity index (χ4v) is 2.00. The zero-order valence-electron chi connectivity index (χ0n) is 12.1. The Bertz CT molecular complexity index is 674. The molecule has 0 saturated heterocycles. The van der Waals surface area contributed by atoms with Gasteiger partial charge in [0.05, 0.1) is 6.07 Å². The number of pyridine rings is 1. The zero-order chi connectivity index (χ0) is 15.2. The number of nitrogens with zero attached hydrogens (tertiary/aromatic N) is 2. The lowest BCUT2D eigenvalue weighted by Crippen LogP contribution is -2.23. The van der Waals surface area contributed by atoms with Gasteiger partial charge < -0.3 is 5.32 Å². The Kier molecular flexibility index (Phi) is 4.68. The van der Waals surface area contributed by atoms with Crippen LogP contribution in [0.2, 0.25) is 0 Å². The molecule has 1 heterocycles. The maximum absolute atomic E-state index is 12.2. The first-order valence-corrected chi connectivity index (χ1v) is 6.77. The zero-order valence-corrected chi connectivity index (χ0v) is 12.1. The molecule has 0 aliphatic carbocycles. The number of hydrogen-bond acceptors (Lipinski definition) is 3. The summed E-state index contributed by atoms with van der Waals surface area (Å²) in [5.74, 6) is -0.994. The molecule has 1 N–H and O–H groups in total. The monoisotopic (exact) mass is 279 g/mol. The van der Waals surface area contributed by atoms with Gasteiger partial charge in [0.25, 0.3) is 0 Å². The molecule has 2 aromatic rings. The SMILES string of the molecule is Cc1ccc(NC(=O)[C@H](C#N)Cc2ccncc2)cc1C. The van der Waals surface area contributed by atoms with Gasteiger partial charge in [-0.1, -0.05) is 6.07 Å². The minimum absolute atomic E-state index is 0.280. The standard InChI is InChI=1S/C17H17N3O/c1-12-3-4-16(9-13(12)2)20-17(21)15(11-18)10-14-5-7-19-8-6-14/h3-9,15H,10H2,1-2H3,(H,20,21)/t15-/m0/s1. The van der Waals surface area contributed by atoms with Gasteiger partial charge in [-0.2, -0.15) is 5.26 Å². The van der Waals surface area contributed by atoms with Crippen molar-refractivity contribution in [1.29, 1.82) is 5.26 Å². The highest BCUT2D eigenvalue weighted by atomic mass is 16.1. The Morgan fingerprint density at radius 1 is 1.24 bits per heavy atom. The molecule has 21 heavy (non-hydrogen) atoms. The van der Waals surface area contributed by atoms with Crippen molar-refractivity contribution in [2.75, 3.05) is 5.32 Å². The number of carbonyl (C=O) groups is 1. The number of amides is 1. The van der Waals surface area contributed by atoms with E-state index in [1.54, 1.807) is 12.4 Å². The van der Waals surface area contributed by atoms with E-state index in [0.29, 0.717) is 6.42 Å². The number of nitriles is 1. The van der Waals surface area contributed by atoms with Crippen molar-refractivity contribution in [3.8, 4) is 6.07 Å². The number of anilines is 1. The topological polar surface area (TPSA) is 65.8 Å². The highest BCUT2D eigenvalue weighted by molar-refractivity contribution is 5.94. The summed E-state index contributed by atoms with van der Waals surface area (Å²) in [6.45, 7) is 4.01. The van der Waals surface area contributed by atoms with E-state index in [1.165, 1.54) is 5.56 Å². The van der Waals surface area contributed by atoms with Gasteiger partial charge >= 0.3 is 0 Å². The van der Waals surface area contributed by atoms with Crippen LogP contribution in [0, 0.1) is 31.1 Å². The molecule has 106 valence electrons. The minimum Gasteiger partial charge on any atom is -0.325 e. The van der Waals surface area contributed by atoms with Gasteiger partial charge in [-0.05, 0) is 61.2 Å². The Labute approximate surface area is 124 Å². The molecule has 0 bridgehead atoms. The fraction of sp³-hybridized carbons (Fsp3) is 0.235. The molecule has 1 amide bonds. The molecule has 0 radical (unpaired) electrons. The van der Waals surface area contributed by atoms with Crippen LogP contribution in [0.5, 0.6) is 0 Å². The first-order chi connectivity index (χ1) is 10.1. The third-order valence-corrected chi connectivity index (χ3v) is 3.44. The molecule has 0 aliphatic heterocycles. The minimum atomic E-state index is -0.714. The Morgan fingerprint density at radius 3 is 2.57 bits per heavy atom. The fourth-order valence-electron chi connectivity index (χ4n) is 2.00. The van der Waals surface area contributed by atoms with E-state index in [4.69, 9.17) is 0 Å². The molecular formula is C17H17N3O. The van der Waals surface area contributed by atoms with Crippen LogP contribution in [0.25, 0.3) is 0 Å². The van der Waals surface area contributed by atoms with Gasteiger partial charge in [0.15, 0.2) is 0 Å². The number of hydrogen-bond donors (Lipinski definition) is 1. The first-order valence-electron chi connectivity index (χ1n) is 6.77. The number of aromatic nitrogens is 1. The normalized spacial score (nSPS) is 11.5. The van der Waals surface area contributed by atoms with Crippen molar-refractivity contribution in [1.82, 2.24) is 4.98 Å². The second-order valence-electron chi connectivity index (χ2n) is 5.03. The second-order valence-corrected chi connectivity index (χ2v) is 5.03. The van der Waals surface area contributed by atoms with Crippen molar-refractivity contribution in [2.45, 2.75) is 20.3 Å². The van der Waals surface area contributed by atoms with Crippen molar-refractivity contribution in [3.63, 3.8) is 0 Å². The van der Waals surface area contributed by atoms with Crippen LogP contribution in [-0.2, 0) is 11.2 Å². The lowest BCUT2D eigenvalue weighted by atomic mass is 10.0. The lowest BCUT2D eigenvalue weighted by Gasteiger charge is -2.11. The lowest BCUT2D eigenvalue weighted by molar-refractivity contribution is -0.118. The summed E-state index contributed by atoms with van der Waals surface area (Å²) in [6, 6.07) is 11.4. The third-order valence-electron chi connectivity index (χ3n) is 3.44. The van der Waals surface area contributed by atoms with E-state index >= 15 is 0 Å². The highest BCUT2D eigenvalue weighted by Crippen LogP contribution is 2.16. The number of rotatable bonds is 4. The summed E-state index contributed by atoms with van der Waals surface area (Å²) in [6.07, 6.45) is 3.70. The molecule has 0 fully saturated rings. The first kappa shape index (κ1) is 14.7. The average molecular weight is 279 g/mol. The number of nitrogens with one attached hydrogen (secondary N) is 1. The average Bonchev–Trinajstić information content (AvgIpc) is 2.49. The number of carbonyl (C=O) groups excluding carboxylic acids is 1. The molecule has 0 spiro atoms. The van der Waals surface area contributed by atoms with Crippen LogP contribution in [0.4, 0.5) is 5.69 Å². The van der Waals surface area contributed by atoms with E-state index in [-0.39, 0.29) is 5.91 Å². The van der Waals surface area contributed by atoms with Gasteiger partial charge in [-0.25, -0.2) is 0 Å². The molecule has 0 saturated carbocycles. The molecule has 1 aromatic carbocycles.